The van der Waals surface area contributed by atoms with Gasteiger partial charge in [0.15, 0.2) is 6.79 Å². The number of ether oxygens (including phenoxy) is 4. The number of hydrogen-bond acceptors (Lipinski definition) is 4. The molecule has 1 saturated heterocycles. The summed E-state index contributed by atoms with van der Waals surface area (Å²) in [5, 5.41) is 0. The van der Waals surface area contributed by atoms with Gasteiger partial charge in [-0.2, -0.15) is 0 Å². The van der Waals surface area contributed by atoms with Crippen molar-refractivity contribution in [3.63, 3.8) is 0 Å². The van der Waals surface area contributed by atoms with Crippen molar-refractivity contribution in [1.82, 2.24) is 0 Å². The molecule has 0 radical (unpaired) electrons. The molecule has 24 heavy (non-hydrogen) atoms. The van der Waals surface area contributed by atoms with E-state index in [2.05, 4.69) is 31.2 Å². The Hall–Kier alpha value is -2.04. The summed E-state index contributed by atoms with van der Waals surface area (Å²) in [6.07, 6.45) is 9.14. The Kier molecular flexibility index (Phi) is 7.09. The van der Waals surface area contributed by atoms with Crippen LogP contribution in [-0.2, 0) is 14.2 Å². The first-order valence-corrected chi connectivity index (χ1v) is 8.26. The quantitative estimate of drug-likeness (QED) is 0.285. The molecule has 1 aromatic rings. The highest BCUT2D eigenvalue weighted by atomic mass is 16.8. The highest BCUT2D eigenvalue weighted by molar-refractivity contribution is 5.74. The fraction of sp³-hybridized carbons (Fsp3) is 0.400. The summed E-state index contributed by atoms with van der Waals surface area (Å²) in [5.74, 6) is 1.60. The monoisotopic (exact) mass is 330 g/mol. The molecule has 1 aromatic carbocycles. The van der Waals surface area contributed by atoms with Crippen LogP contribution in [0.5, 0.6) is 5.75 Å². The molecule has 130 valence electrons. The van der Waals surface area contributed by atoms with Crippen LogP contribution in [0, 0.1) is 0 Å². The predicted octanol–water partition coefficient (Wildman–Crippen LogP) is 4.68. The molecule has 0 aliphatic carbocycles. The van der Waals surface area contributed by atoms with Crippen LogP contribution in [0.4, 0.5) is 0 Å². The smallest absolute Gasteiger partial charge is 0.226 e. The Labute approximate surface area is 144 Å². The molecule has 1 aliphatic rings. The molecule has 2 rings (SSSR count). The molecule has 4 nitrogen and oxygen atoms in total. The minimum atomic E-state index is -0.100. The van der Waals surface area contributed by atoms with E-state index in [1.54, 1.807) is 7.11 Å². The van der Waals surface area contributed by atoms with E-state index in [0.29, 0.717) is 0 Å². The molecule has 1 aliphatic heterocycles. The molecular formula is C20H26O4. The first-order valence-electron chi connectivity index (χ1n) is 8.26. The maximum Gasteiger partial charge on any atom is 0.226 e. The van der Waals surface area contributed by atoms with Gasteiger partial charge < -0.3 is 18.9 Å². The zero-order chi connectivity index (χ0) is 17.4. The van der Waals surface area contributed by atoms with Gasteiger partial charge in [-0.1, -0.05) is 31.2 Å². The minimum Gasteiger partial charge on any atom is -0.468 e. The summed E-state index contributed by atoms with van der Waals surface area (Å²) in [6.45, 7) is 6.29. The summed E-state index contributed by atoms with van der Waals surface area (Å²) >= 11 is 0. The maximum atomic E-state index is 5.69. The Bertz CT molecular complexity index is 599. The predicted molar refractivity (Wildman–Crippen MR) is 95.5 cm³/mol. The van der Waals surface area contributed by atoms with E-state index in [4.69, 9.17) is 18.9 Å². The van der Waals surface area contributed by atoms with Crippen molar-refractivity contribution in [2.45, 2.75) is 39.6 Å². The SMILES string of the molecule is C/C=C(/C=C\C(=C\CC)c1ccc(OC2OC2C)cc1)OCOC. The van der Waals surface area contributed by atoms with E-state index in [1.807, 2.05) is 38.1 Å². The third-order valence-electron chi connectivity index (χ3n) is 3.57. The van der Waals surface area contributed by atoms with Crippen LogP contribution in [0.15, 0.2) is 54.3 Å². The van der Waals surface area contributed by atoms with E-state index >= 15 is 0 Å². The summed E-state index contributed by atoms with van der Waals surface area (Å²) in [4.78, 5) is 0. The van der Waals surface area contributed by atoms with Crippen LogP contribution >= 0.6 is 0 Å². The lowest BCUT2D eigenvalue weighted by molar-refractivity contribution is 0.00993. The van der Waals surface area contributed by atoms with Gasteiger partial charge in [-0.15, -0.1) is 0 Å². The van der Waals surface area contributed by atoms with E-state index in [-0.39, 0.29) is 19.2 Å². The molecule has 1 heterocycles. The van der Waals surface area contributed by atoms with Crippen LogP contribution < -0.4 is 4.74 Å². The Morgan fingerprint density at radius 2 is 1.92 bits per heavy atom. The molecule has 0 N–H and O–H groups in total. The second-order valence-corrected chi connectivity index (χ2v) is 5.49. The van der Waals surface area contributed by atoms with Gasteiger partial charge in [0.2, 0.25) is 6.29 Å². The van der Waals surface area contributed by atoms with Crippen LogP contribution in [0.25, 0.3) is 5.57 Å². The molecular weight excluding hydrogens is 304 g/mol. The highest BCUT2D eigenvalue weighted by Gasteiger charge is 2.36. The second kappa shape index (κ2) is 9.30. The molecule has 0 aromatic heterocycles. The summed E-state index contributed by atoms with van der Waals surface area (Å²) in [7, 11) is 1.61. The Balaban J connectivity index is 2.05. The molecule has 1 fully saturated rings. The number of hydrogen-bond donors (Lipinski definition) is 0. The number of methoxy groups -OCH3 is 1. The molecule has 0 spiro atoms. The first kappa shape index (κ1) is 18.3. The van der Waals surface area contributed by atoms with Crippen molar-refractivity contribution in [1.29, 1.82) is 0 Å². The number of rotatable bonds is 9. The van der Waals surface area contributed by atoms with Crippen molar-refractivity contribution in [2.24, 2.45) is 0 Å². The van der Waals surface area contributed by atoms with Crippen LogP contribution in [0.1, 0.15) is 32.8 Å². The van der Waals surface area contributed by atoms with Crippen LogP contribution in [0.3, 0.4) is 0 Å². The average molecular weight is 330 g/mol. The van der Waals surface area contributed by atoms with Crippen LogP contribution in [0.2, 0.25) is 0 Å². The first-order chi connectivity index (χ1) is 11.7. The molecule has 0 amide bonds. The zero-order valence-corrected chi connectivity index (χ0v) is 14.8. The number of allylic oxidation sites excluding steroid dienone is 5. The lowest BCUT2D eigenvalue weighted by Gasteiger charge is -2.08. The van der Waals surface area contributed by atoms with Gasteiger partial charge in [-0.25, -0.2) is 0 Å². The lowest BCUT2D eigenvalue weighted by atomic mass is 10.0. The van der Waals surface area contributed by atoms with E-state index in [1.165, 1.54) is 0 Å². The van der Waals surface area contributed by atoms with Crippen LogP contribution in [-0.4, -0.2) is 26.3 Å². The van der Waals surface area contributed by atoms with E-state index in [0.717, 1.165) is 29.1 Å². The van der Waals surface area contributed by atoms with E-state index in [9.17, 15) is 0 Å². The molecule has 0 bridgehead atoms. The van der Waals surface area contributed by atoms with Crippen molar-refractivity contribution < 1.29 is 18.9 Å². The second-order valence-electron chi connectivity index (χ2n) is 5.49. The minimum absolute atomic E-state index is 0.100. The van der Waals surface area contributed by atoms with Gasteiger partial charge in [0.25, 0.3) is 0 Å². The summed E-state index contributed by atoms with van der Waals surface area (Å²) in [6, 6.07) is 8.05. The fourth-order valence-corrected chi connectivity index (χ4v) is 2.18. The molecule has 0 saturated carbocycles. The third kappa shape index (κ3) is 5.55. The summed E-state index contributed by atoms with van der Waals surface area (Å²) < 4.78 is 21.4. The standard InChI is InChI=1S/C20H26O4/c1-5-7-16(8-11-18(6-2)22-14-21-4)17-9-12-19(13-10-17)24-20-15(3)23-20/h6-13,15,20H,5,14H2,1-4H3/b11-8-,16-7-,18-6-. The Morgan fingerprint density at radius 3 is 2.46 bits per heavy atom. The largest absolute Gasteiger partial charge is 0.468 e. The van der Waals surface area contributed by atoms with Crippen molar-refractivity contribution in [3.05, 3.63) is 59.9 Å². The van der Waals surface area contributed by atoms with Gasteiger partial charge in [-0.05, 0) is 55.7 Å². The fourth-order valence-electron chi connectivity index (χ4n) is 2.18. The average Bonchev–Trinajstić information content (AvgIpc) is 3.29. The highest BCUT2D eigenvalue weighted by Crippen LogP contribution is 2.27. The normalized spacial score (nSPS) is 21.2. The van der Waals surface area contributed by atoms with E-state index < -0.39 is 0 Å². The topological polar surface area (TPSA) is 40.2 Å². The zero-order valence-electron chi connectivity index (χ0n) is 14.8. The van der Waals surface area contributed by atoms with Gasteiger partial charge in [-0.3, -0.25) is 0 Å². The Morgan fingerprint density at radius 1 is 1.21 bits per heavy atom. The van der Waals surface area contributed by atoms with Gasteiger partial charge >= 0.3 is 0 Å². The lowest BCUT2D eigenvalue weighted by Crippen LogP contribution is -2.00. The summed E-state index contributed by atoms with van der Waals surface area (Å²) in [5.41, 5.74) is 2.27. The van der Waals surface area contributed by atoms with Crippen molar-refractivity contribution >= 4 is 5.57 Å². The molecule has 2 unspecified atom stereocenters. The van der Waals surface area contributed by atoms with Gasteiger partial charge in [0.05, 0.1) is 0 Å². The van der Waals surface area contributed by atoms with Crippen molar-refractivity contribution in [2.75, 3.05) is 13.9 Å². The van der Waals surface area contributed by atoms with Gasteiger partial charge in [0, 0.05) is 7.11 Å². The molecule has 4 heteroatoms. The van der Waals surface area contributed by atoms with Gasteiger partial charge in [0.1, 0.15) is 17.6 Å². The number of epoxide rings is 1. The number of benzene rings is 1. The molecule has 2 atom stereocenters. The third-order valence-corrected chi connectivity index (χ3v) is 3.57. The maximum absolute atomic E-state index is 5.69. The van der Waals surface area contributed by atoms with Crippen molar-refractivity contribution in [3.8, 4) is 5.75 Å².